The summed E-state index contributed by atoms with van der Waals surface area (Å²) in [7, 11) is 0. The van der Waals surface area contributed by atoms with E-state index in [-0.39, 0.29) is 31.5 Å². The van der Waals surface area contributed by atoms with Crippen LogP contribution in [-0.4, -0.2) is 62.4 Å². The summed E-state index contributed by atoms with van der Waals surface area (Å²) in [6.45, 7) is 5.30. The zero-order valence-corrected chi connectivity index (χ0v) is 20.1. The number of anilines is 1. The van der Waals surface area contributed by atoms with Gasteiger partial charge in [-0.15, -0.1) is 0 Å². The molecule has 4 heterocycles. The number of alkyl halides is 4. The van der Waals surface area contributed by atoms with Crippen LogP contribution in [0.2, 0.25) is 0 Å². The van der Waals surface area contributed by atoms with Crippen LogP contribution >= 0.6 is 0 Å². The molecule has 36 heavy (non-hydrogen) atoms. The highest BCUT2D eigenvalue weighted by Crippen LogP contribution is 2.58. The van der Waals surface area contributed by atoms with Crippen molar-refractivity contribution in [2.75, 3.05) is 18.4 Å². The summed E-state index contributed by atoms with van der Waals surface area (Å²) < 4.78 is 62.3. The minimum Gasteiger partial charge on any atom is -0.444 e. The highest BCUT2D eigenvalue weighted by Gasteiger charge is 2.64. The van der Waals surface area contributed by atoms with Crippen molar-refractivity contribution in [3.05, 3.63) is 48.3 Å². The lowest BCUT2D eigenvalue weighted by molar-refractivity contribution is -0.160. The Bertz CT molecular complexity index is 1300. The van der Waals surface area contributed by atoms with Crippen molar-refractivity contribution < 1.29 is 27.1 Å². The molecular formula is C25H27F4N5O2. The molecule has 1 aliphatic carbocycles. The van der Waals surface area contributed by atoms with Crippen molar-refractivity contribution in [2.45, 2.75) is 63.0 Å². The zero-order chi connectivity index (χ0) is 25.9. The van der Waals surface area contributed by atoms with Crippen molar-refractivity contribution in [1.82, 2.24) is 19.3 Å². The van der Waals surface area contributed by atoms with E-state index in [4.69, 9.17) is 4.74 Å². The maximum Gasteiger partial charge on any atom is 0.410 e. The number of hydrogen-bond acceptors (Lipinski definition) is 5. The molecule has 2 fully saturated rings. The molecule has 0 spiro atoms. The van der Waals surface area contributed by atoms with E-state index >= 15 is 0 Å². The van der Waals surface area contributed by atoms with Crippen LogP contribution in [0.5, 0.6) is 0 Å². The first kappa shape index (κ1) is 24.3. The molecule has 192 valence electrons. The Kier molecular flexibility index (Phi) is 5.64. The fourth-order valence-corrected chi connectivity index (χ4v) is 4.55. The predicted octanol–water partition coefficient (Wildman–Crippen LogP) is 5.36. The molecule has 1 aliphatic heterocycles. The Balaban J connectivity index is 1.34. The van der Waals surface area contributed by atoms with Gasteiger partial charge in [0.05, 0.1) is 35.6 Å². The number of nitrogens with one attached hydrogen (secondary N) is 1. The Morgan fingerprint density at radius 3 is 2.58 bits per heavy atom. The number of imidazole rings is 1. The van der Waals surface area contributed by atoms with E-state index in [9.17, 15) is 22.4 Å². The first-order chi connectivity index (χ1) is 16.9. The SMILES string of the molecule is CC(C)(C)OC(=O)N1C[C@H](Nc2cccc(-c3cnc4cc(C5(C(F)(F)F)CC5)ccn34)n2)[C@@H](F)C1. The van der Waals surface area contributed by atoms with Crippen LogP contribution in [0.3, 0.4) is 0 Å². The molecule has 3 aromatic rings. The molecule has 1 saturated heterocycles. The van der Waals surface area contributed by atoms with Crippen molar-refractivity contribution >= 4 is 17.6 Å². The molecule has 0 aromatic carbocycles. The van der Waals surface area contributed by atoms with E-state index in [1.54, 1.807) is 55.8 Å². The van der Waals surface area contributed by atoms with Gasteiger partial charge in [-0.05, 0) is 63.4 Å². The van der Waals surface area contributed by atoms with Crippen LogP contribution < -0.4 is 5.32 Å². The van der Waals surface area contributed by atoms with Crippen molar-refractivity contribution in [3.63, 3.8) is 0 Å². The molecule has 1 saturated carbocycles. The van der Waals surface area contributed by atoms with Gasteiger partial charge < -0.3 is 15.0 Å². The number of amides is 1. The van der Waals surface area contributed by atoms with Gasteiger partial charge in [-0.1, -0.05) is 6.07 Å². The fourth-order valence-electron chi connectivity index (χ4n) is 4.55. The number of ether oxygens (including phenoxy) is 1. The van der Waals surface area contributed by atoms with Gasteiger partial charge in [-0.2, -0.15) is 13.2 Å². The van der Waals surface area contributed by atoms with Gasteiger partial charge in [0.15, 0.2) is 0 Å². The standard InChI is InChI=1S/C25H27F4N5O2/c1-23(2,3)36-22(35)33-13-16(26)18(14-33)32-20-6-4-5-17(31-20)19-12-30-21-11-15(7-10-34(19)21)24(8-9-24)25(27,28)29/h4-7,10-12,16,18H,8-9,13-14H2,1-3H3,(H,31,32)/t16-,18-/m0/s1. The monoisotopic (exact) mass is 505 g/mol. The lowest BCUT2D eigenvalue weighted by atomic mass is 9.96. The van der Waals surface area contributed by atoms with Crippen LogP contribution in [0.25, 0.3) is 17.0 Å². The van der Waals surface area contributed by atoms with Crippen LogP contribution in [0, 0.1) is 0 Å². The maximum atomic E-state index is 14.7. The number of rotatable bonds is 4. The van der Waals surface area contributed by atoms with Gasteiger partial charge in [0.2, 0.25) is 0 Å². The third-order valence-corrected chi connectivity index (χ3v) is 6.60. The number of aromatic nitrogens is 3. The Morgan fingerprint density at radius 1 is 1.17 bits per heavy atom. The van der Waals surface area contributed by atoms with E-state index in [1.807, 2.05) is 0 Å². The number of nitrogens with zero attached hydrogens (tertiary/aromatic N) is 4. The van der Waals surface area contributed by atoms with Crippen molar-refractivity contribution in [3.8, 4) is 11.4 Å². The van der Waals surface area contributed by atoms with Crippen LogP contribution in [0.4, 0.5) is 28.2 Å². The summed E-state index contributed by atoms with van der Waals surface area (Å²) in [5.41, 5.74) is -0.727. The Hall–Kier alpha value is -3.37. The molecular weight excluding hydrogens is 478 g/mol. The molecule has 3 aromatic heterocycles. The second-order valence-corrected chi connectivity index (χ2v) is 10.4. The summed E-state index contributed by atoms with van der Waals surface area (Å²) in [4.78, 5) is 22.5. The fraction of sp³-hybridized carbons (Fsp3) is 0.480. The van der Waals surface area contributed by atoms with E-state index in [0.29, 0.717) is 22.9 Å². The zero-order valence-electron chi connectivity index (χ0n) is 20.1. The van der Waals surface area contributed by atoms with Gasteiger partial charge in [0.1, 0.15) is 23.2 Å². The molecule has 0 unspecified atom stereocenters. The van der Waals surface area contributed by atoms with Crippen LogP contribution in [-0.2, 0) is 10.2 Å². The Morgan fingerprint density at radius 2 is 1.92 bits per heavy atom. The molecule has 1 amide bonds. The normalized spacial score (nSPS) is 21.6. The molecule has 2 aliphatic rings. The minimum atomic E-state index is -4.30. The number of carbonyl (C=O) groups is 1. The molecule has 5 rings (SSSR count). The minimum absolute atomic E-state index is 0.0809. The molecule has 11 heteroatoms. The van der Waals surface area contributed by atoms with E-state index in [2.05, 4.69) is 15.3 Å². The number of likely N-dealkylation sites (tertiary alicyclic amines) is 1. The van der Waals surface area contributed by atoms with Gasteiger partial charge in [-0.25, -0.2) is 19.2 Å². The summed E-state index contributed by atoms with van der Waals surface area (Å²) >= 11 is 0. The lowest BCUT2D eigenvalue weighted by Crippen LogP contribution is -2.36. The first-order valence-corrected chi connectivity index (χ1v) is 11.8. The van der Waals surface area contributed by atoms with E-state index in [1.165, 1.54) is 17.0 Å². The average molecular weight is 506 g/mol. The number of pyridine rings is 2. The van der Waals surface area contributed by atoms with Gasteiger partial charge in [-0.3, -0.25) is 4.40 Å². The number of hydrogen-bond donors (Lipinski definition) is 1. The quantitative estimate of drug-likeness (QED) is 0.484. The Labute approximate surface area is 205 Å². The van der Waals surface area contributed by atoms with Crippen LogP contribution in [0.1, 0.15) is 39.2 Å². The van der Waals surface area contributed by atoms with E-state index < -0.39 is 35.5 Å². The first-order valence-electron chi connectivity index (χ1n) is 11.8. The molecule has 0 bridgehead atoms. The number of fused-ring (bicyclic) bond motifs is 1. The second kappa shape index (κ2) is 8.35. The van der Waals surface area contributed by atoms with Crippen LogP contribution in [0.15, 0.2) is 42.7 Å². The van der Waals surface area contributed by atoms with E-state index in [0.717, 1.165) is 0 Å². The molecule has 1 N–H and O–H groups in total. The number of carbonyl (C=O) groups excluding carboxylic acids is 1. The molecule has 0 radical (unpaired) electrons. The third kappa shape index (κ3) is 4.46. The summed E-state index contributed by atoms with van der Waals surface area (Å²) in [6, 6.07) is 7.47. The summed E-state index contributed by atoms with van der Waals surface area (Å²) in [6.07, 6.45) is -2.88. The third-order valence-electron chi connectivity index (χ3n) is 6.60. The molecule has 7 nitrogen and oxygen atoms in total. The van der Waals surface area contributed by atoms with Gasteiger partial charge in [0, 0.05) is 12.7 Å². The molecule has 2 atom stereocenters. The second-order valence-electron chi connectivity index (χ2n) is 10.4. The van der Waals surface area contributed by atoms with Gasteiger partial charge >= 0.3 is 12.3 Å². The highest BCUT2D eigenvalue weighted by atomic mass is 19.4. The largest absolute Gasteiger partial charge is 0.444 e. The smallest absolute Gasteiger partial charge is 0.410 e. The van der Waals surface area contributed by atoms with Crippen molar-refractivity contribution in [2.24, 2.45) is 0 Å². The van der Waals surface area contributed by atoms with Crippen molar-refractivity contribution in [1.29, 1.82) is 0 Å². The number of halogens is 4. The highest BCUT2D eigenvalue weighted by molar-refractivity contribution is 5.69. The summed E-state index contributed by atoms with van der Waals surface area (Å²) in [5, 5.41) is 3.05. The topological polar surface area (TPSA) is 71.8 Å². The van der Waals surface area contributed by atoms with Gasteiger partial charge in [0.25, 0.3) is 0 Å². The summed E-state index contributed by atoms with van der Waals surface area (Å²) in [5.74, 6) is 0.409. The average Bonchev–Trinajstić information content (AvgIpc) is 3.39. The predicted molar refractivity (Wildman–Crippen MR) is 126 cm³/mol. The maximum absolute atomic E-state index is 14.7. The lowest BCUT2D eigenvalue weighted by Gasteiger charge is -2.24.